The summed E-state index contributed by atoms with van der Waals surface area (Å²) in [6, 6.07) is 3.40. The first kappa shape index (κ1) is 15.7. The number of aromatic hydroxyl groups is 1. The first-order chi connectivity index (χ1) is 10.2. The van der Waals surface area contributed by atoms with E-state index in [2.05, 4.69) is 16.8 Å². The van der Waals surface area contributed by atoms with Crippen molar-refractivity contribution in [3.63, 3.8) is 0 Å². The third-order valence-corrected chi connectivity index (χ3v) is 3.84. The highest BCUT2D eigenvalue weighted by Gasteiger charge is 2.27. The van der Waals surface area contributed by atoms with Crippen molar-refractivity contribution in [2.75, 3.05) is 40.4 Å². The number of hydrogen-bond donors (Lipinski definition) is 2. The molecule has 1 aliphatic rings. The molecule has 1 atom stereocenters. The van der Waals surface area contributed by atoms with Crippen molar-refractivity contribution in [2.45, 2.75) is 12.5 Å². The van der Waals surface area contributed by atoms with Crippen molar-refractivity contribution in [3.8, 4) is 17.2 Å². The maximum Gasteiger partial charge on any atom is 0.131 e. The van der Waals surface area contributed by atoms with Crippen LogP contribution >= 0.6 is 0 Å². The van der Waals surface area contributed by atoms with E-state index in [1.54, 1.807) is 26.4 Å². The predicted molar refractivity (Wildman–Crippen MR) is 83.2 cm³/mol. The van der Waals surface area contributed by atoms with Crippen molar-refractivity contribution < 1.29 is 14.6 Å². The van der Waals surface area contributed by atoms with E-state index in [1.807, 2.05) is 6.08 Å². The molecule has 0 aromatic heterocycles. The molecule has 0 unspecified atom stereocenters. The molecule has 0 saturated carbocycles. The van der Waals surface area contributed by atoms with Crippen LogP contribution in [0.1, 0.15) is 18.0 Å². The number of piperazine rings is 1. The minimum atomic E-state index is 0.134. The first-order valence-corrected chi connectivity index (χ1v) is 7.21. The zero-order valence-electron chi connectivity index (χ0n) is 12.8. The van der Waals surface area contributed by atoms with Crippen LogP contribution in [0, 0.1) is 0 Å². The first-order valence-electron chi connectivity index (χ1n) is 7.21. The van der Waals surface area contributed by atoms with E-state index in [0.717, 1.165) is 38.2 Å². The molecule has 1 aromatic rings. The summed E-state index contributed by atoms with van der Waals surface area (Å²) in [7, 11) is 3.22. The lowest BCUT2D eigenvalue weighted by Crippen LogP contribution is -2.45. The van der Waals surface area contributed by atoms with Crippen LogP contribution in [0.2, 0.25) is 0 Å². The lowest BCUT2D eigenvalue weighted by molar-refractivity contribution is 0.168. The monoisotopic (exact) mass is 292 g/mol. The molecule has 116 valence electrons. The van der Waals surface area contributed by atoms with Crippen LogP contribution in [-0.2, 0) is 0 Å². The van der Waals surface area contributed by atoms with Gasteiger partial charge in [-0.05, 0) is 6.42 Å². The van der Waals surface area contributed by atoms with Gasteiger partial charge in [-0.15, -0.1) is 6.58 Å². The zero-order valence-corrected chi connectivity index (χ0v) is 12.8. The van der Waals surface area contributed by atoms with E-state index in [9.17, 15) is 5.11 Å². The van der Waals surface area contributed by atoms with E-state index in [0.29, 0.717) is 11.5 Å². The second kappa shape index (κ2) is 7.33. The Bertz CT molecular complexity index is 459. The molecule has 1 heterocycles. The molecular formula is C16H24N2O3. The van der Waals surface area contributed by atoms with Crippen LogP contribution in [0.4, 0.5) is 0 Å². The summed E-state index contributed by atoms with van der Waals surface area (Å²) in [6.45, 7) is 7.74. The highest BCUT2D eigenvalue weighted by molar-refractivity contribution is 5.52. The Morgan fingerprint density at radius 2 is 1.86 bits per heavy atom. The van der Waals surface area contributed by atoms with Crippen LogP contribution in [0.5, 0.6) is 17.2 Å². The van der Waals surface area contributed by atoms with Gasteiger partial charge in [0.1, 0.15) is 17.2 Å². The smallest absolute Gasteiger partial charge is 0.131 e. The fourth-order valence-corrected chi connectivity index (χ4v) is 2.85. The number of phenols is 1. The number of hydrogen-bond acceptors (Lipinski definition) is 5. The summed E-state index contributed by atoms with van der Waals surface area (Å²) in [4.78, 5) is 2.40. The lowest BCUT2D eigenvalue weighted by atomic mass is 9.98. The minimum absolute atomic E-state index is 0.134. The van der Waals surface area contributed by atoms with Gasteiger partial charge in [-0.3, -0.25) is 4.90 Å². The molecule has 0 bridgehead atoms. The molecule has 0 spiro atoms. The largest absolute Gasteiger partial charge is 0.508 e. The van der Waals surface area contributed by atoms with E-state index in [-0.39, 0.29) is 11.8 Å². The van der Waals surface area contributed by atoms with Crippen molar-refractivity contribution in [1.82, 2.24) is 10.2 Å². The third-order valence-electron chi connectivity index (χ3n) is 3.84. The molecule has 2 rings (SSSR count). The normalized spacial score (nSPS) is 17.2. The molecule has 0 radical (unpaired) electrons. The molecular weight excluding hydrogens is 268 g/mol. The number of methoxy groups -OCH3 is 2. The maximum absolute atomic E-state index is 9.80. The molecule has 1 fully saturated rings. The minimum Gasteiger partial charge on any atom is -0.508 e. The average molecular weight is 292 g/mol. The van der Waals surface area contributed by atoms with Crippen LogP contribution in [0.3, 0.4) is 0 Å². The standard InChI is InChI=1S/C16H24N2O3/c1-4-5-13(18-8-6-17-7-9-18)16-14(20-2)10-12(19)11-15(16)21-3/h4,10-11,13,17,19H,1,5-9H2,2-3H3/t13-/m0/s1. The Balaban J connectivity index is 2.44. The zero-order chi connectivity index (χ0) is 15.2. The van der Waals surface area contributed by atoms with Gasteiger partial charge in [0.2, 0.25) is 0 Å². The maximum atomic E-state index is 9.80. The molecule has 2 N–H and O–H groups in total. The summed E-state index contributed by atoms with van der Waals surface area (Å²) < 4.78 is 10.9. The lowest BCUT2D eigenvalue weighted by Gasteiger charge is -2.36. The van der Waals surface area contributed by atoms with E-state index >= 15 is 0 Å². The summed E-state index contributed by atoms with van der Waals surface area (Å²) >= 11 is 0. The molecule has 0 amide bonds. The Kier molecular flexibility index (Phi) is 5.47. The average Bonchev–Trinajstić information content (AvgIpc) is 2.53. The summed E-state index contributed by atoms with van der Waals surface area (Å²) in [5.74, 6) is 1.44. The van der Waals surface area contributed by atoms with Gasteiger partial charge in [0, 0.05) is 44.4 Å². The predicted octanol–water partition coefficient (Wildman–Crippen LogP) is 1.93. The van der Waals surface area contributed by atoms with Crippen LogP contribution < -0.4 is 14.8 Å². The van der Waals surface area contributed by atoms with Crippen LogP contribution in [-0.4, -0.2) is 50.4 Å². The Labute approximate surface area is 126 Å². The number of benzene rings is 1. The summed E-state index contributed by atoms with van der Waals surface area (Å²) in [5, 5.41) is 13.2. The number of rotatable bonds is 6. The van der Waals surface area contributed by atoms with Gasteiger partial charge >= 0.3 is 0 Å². The van der Waals surface area contributed by atoms with Gasteiger partial charge in [0.05, 0.1) is 19.8 Å². The molecule has 21 heavy (non-hydrogen) atoms. The quantitative estimate of drug-likeness (QED) is 0.785. The fraction of sp³-hybridized carbons (Fsp3) is 0.500. The Morgan fingerprint density at radius 3 is 2.33 bits per heavy atom. The van der Waals surface area contributed by atoms with Crippen molar-refractivity contribution >= 4 is 0 Å². The van der Waals surface area contributed by atoms with Crippen LogP contribution in [0.25, 0.3) is 0 Å². The van der Waals surface area contributed by atoms with Gasteiger partial charge in [-0.25, -0.2) is 0 Å². The van der Waals surface area contributed by atoms with Gasteiger partial charge in [-0.1, -0.05) is 6.08 Å². The van der Waals surface area contributed by atoms with E-state index < -0.39 is 0 Å². The fourth-order valence-electron chi connectivity index (χ4n) is 2.85. The van der Waals surface area contributed by atoms with E-state index in [1.165, 1.54) is 0 Å². The van der Waals surface area contributed by atoms with E-state index in [4.69, 9.17) is 9.47 Å². The van der Waals surface area contributed by atoms with Crippen molar-refractivity contribution in [2.24, 2.45) is 0 Å². The molecule has 1 saturated heterocycles. The Morgan fingerprint density at radius 1 is 1.29 bits per heavy atom. The topological polar surface area (TPSA) is 54.0 Å². The van der Waals surface area contributed by atoms with Gasteiger partial charge in [-0.2, -0.15) is 0 Å². The van der Waals surface area contributed by atoms with Crippen LogP contribution in [0.15, 0.2) is 24.8 Å². The molecule has 1 aromatic carbocycles. The van der Waals surface area contributed by atoms with Gasteiger partial charge in [0.15, 0.2) is 0 Å². The number of nitrogens with zero attached hydrogens (tertiary/aromatic N) is 1. The van der Waals surface area contributed by atoms with Gasteiger partial charge < -0.3 is 19.9 Å². The Hall–Kier alpha value is -1.72. The summed E-state index contributed by atoms with van der Waals surface area (Å²) in [5.41, 5.74) is 0.972. The van der Waals surface area contributed by atoms with Crippen molar-refractivity contribution in [3.05, 3.63) is 30.4 Å². The molecule has 5 heteroatoms. The number of ether oxygens (including phenoxy) is 2. The third kappa shape index (κ3) is 3.49. The number of phenolic OH excluding ortho intramolecular Hbond substituents is 1. The summed E-state index contributed by atoms with van der Waals surface area (Å²) in [6.07, 6.45) is 2.72. The molecule has 1 aliphatic heterocycles. The second-order valence-corrected chi connectivity index (χ2v) is 5.09. The van der Waals surface area contributed by atoms with Gasteiger partial charge in [0.25, 0.3) is 0 Å². The second-order valence-electron chi connectivity index (χ2n) is 5.09. The molecule has 5 nitrogen and oxygen atoms in total. The highest BCUT2D eigenvalue weighted by Crippen LogP contribution is 2.41. The van der Waals surface area contributed by atoms with Crippen molar-refractivity contribution in [1.29, 1.82) is 0 Å². The SMILES string of the molecule is C=CC[C@@H](c1c(OC)cc(O)cc1OC)N1CCNCC1. The highest BCUT2D eigenvalue weighted by atomic mass is 16.5. The number of nitrogens with one attached hydrogen (secondary N) is 1. The molecule has 0 aliphatic carbocycles.